The van der Waals surface area contributed by atoms with Gasteiger partial charge in [0.2, 0.25) is 5.91 Å². The Morgan fingerprint density at radius 2 is 1.68 bits per heavy atom. The third-order valence-electron chi connectivity index (χ3n) is 2.93. The van der Waals surface area contributed by atoms with E-state index in [1.54, 1.807) is 18.3 Å². The van der Waals surface area contributed by atoms with Crippen molar-refractivity contribution in [2.75, 3.05) is 5.32 Å². The van der Waals surface area contributed by atoms with Gasteiger partial charge in [-0.1, -0.05) is 48.5 Å². The van der Waals surface area contributed by atoms with Crippen LogP contribution in [-0.2, 0) is 4.79 Å². The molecule has 0 fully saturated rings. The van der Waals surface area contributed by atoms with Gasteiger partial charge in [0.05, 0.1) is 10.6 Å². The quantitative estimate of drug-likeness (QED) is 0.726. The zero-order valence-electron chi connectivity index (χ0n) is 10.5. The van der Waals surface area contributed by atoms with Gasteiger partial charge in [-0.25, -0.2) is 0 Å². The molecule has 2 nitrogen and oxygen atoms in total. The standard InChI is InChI=1S/C16H13NOS/c1-11(18)17-15-13-9-5-6-10-14(13)19-16(15)12-7-3-2-4-8-12/h2-10H,1H3,(H,17,18). The molecule has 1 amide bonds. The number of thiophene rings is 1. The van der Waals surface area contributed by atoms with Crippen LogP contribution >= 0.6 is 11.3 Å². The highest BCUT2D eigenvalue weighted by atomic mass is 32.1. The Kier molecular flexibility index (Phi) is 3.05. The number of amides is 1. The van der Waals surface area contributed by atoms with E-state index in [0.717, 1.165) is 21.5 Å². The smallest absolute Gasteiger partial charge is 0.221 e. The summed E-state index contributed by atoms with van der Waals surface area (Å²) in [5, 5.41) is 4.07. The van der Waals surface area contributed by atoms with Crippen molar-refractivity contribution in [1.82, 2.24) is 0 Å². The van der Waals surface area contributed by atoms with Crippen LogP contribution in [0.4, 0.5) is 5.69 Å². The predicted octanol–water partition coefficient (Wildman–Crippen LogP) is 4.53. The molecule has 3 heteroatoms. The third kappa shape index (κ3) is 2.25. The van der Waals surface area contributed by atoms with Crippen molar-refractivity contribution in [2.24, 2.45) is 0 Å². The van der Waals surface area contributed by atoms with Gasteiger partial charge in [0.25, 0.3) is 0 Å². The maximum absolute atomic E-state index is 11.4. The zero-order valence-corrected chi connectivity index (χ0v) is 11.3. The summed E-state index contributed by atoms with van der Waals surface area (Å²) in [4.78, 5) is 12.5. The van der Waals surface area contributed by atoms with E-state index in [9.17, 15) is 4.79 Å². The number of nitrogens with one attached hydrogen (secondary N) is 1. The van der Waals surface area contributed by atoms with Crippen LogP contribution in [0.15, 0.2) is 54.6 Å². The van der Waals surface area contributed by atoms with Crippen LogP contribution in [0.1, 0.15) is 6.92 Å². The average molecular weight is 267 g/mol. The lowest BCUT2D eigenvalue weighted by Crippen LogP contribution is -2.05. The summed E-state index contributed by atoms with van der Waals surface area (Å²) in [6, 6.07) is 18.3. The van der Waals surface area contributed by atoms with Crippen molar-refractivity contribution in [2.45, 2.75) is 6.92 Å². The highest BCUT2D eigenvalue weighted by molar-refractivity contribution is 7.23. The minimum absolute atomic E-state index is 0.0410. The second-order valence-corrected chi connectivity index (χ2v) is 5.40. The normalized spacial score (nSPS) is 10.6. The second kappa shape index (κ2) is 4.86. The molecule has 0 aliphatic heterocycles. The second-order valence-electron chi connectivity index (χ2n) is 4.35. The average Bonchev–Trinajstić information content (AvgIpc) is 2.78. The molecule has 0 saturated heterocycles. The predicted molar refractivity (Wildman–Crippen MR) is 81.6 cm³/mol. The zero-order chi connectivity index (χ0) is 13.2. The lowest BCUT2D eigenvalue weighted by molar-refractivity contribution is -0.114. The molecule has 1 aromatic heterocycles. The van der Waals surface area contributed by atoms with Gasteiger partial charge in [-0.2, -0.15) is 0 Å². The van der Waals surface area contributed by atoms with Crippen LogP contribution in [0.3, 0.4) is 0 Å². The summed E-state index contributed by atoms with van der Waals surface area (Å²) < 4.78 is 1.19. The monoisotopic (exact) mass is 267 g/mol. The van der Waals surface area contributed by atoms with Gasteiger partial charge in [0, 0.05) is 17.0 Å². The van der Waals surface area contributed by atoms with Crippen molar-refractivity contribution < 1.29 is 4.79 Å². The Balaban J connectivity index is 2.26. The van der Waals surface area contributed by atoms with E-state index >= 15 is 0 Å². The van der Waals surface area contributed by atoms with Crippen LogP contribution in [0.25, 0.3) is 20.5 Å². The number of hydrogen-bond donors (Lipinski definition) is 1. The molecule has 0 aliphatic rings. The maximum Gasteiger partial charge on any atom is 0.221 e. The fourth-order valence-electron chi connectivity index (χ4n) is 2.14. The molecule has 0 saturated carbocycles. The molecule has 1 N–H and O–H groups in total. The molecule has 19 heavy (non-hydrogen) atoms. The van der Waals surface area contributed by atoms with Crippen LogP contribution < -0.4 is 5.32 Å². The molecule has 0 radical (unpaired) electrons. The molecule has 94 valence electrons. The van der Waals surface area contributed by atoms with Crippen LogP contribution in [0, 0.1) is 0 Å². The van der Waals surface area contributed by atoms with Crippen molar-refractivity contribution in [1.29, 1.82) is 0 Å². The first-order valence-corrected chi connectivity index (χ1v) is 6.92. The van der Waals surface area contributed by atoms with Crippen molar-refractivity contribution in [3.05, 3.63) is 54.6 Å². The number of hydrogen-bond acceptors (Lipinski definition) is 2. The van der Waals surface area contributed by atoms with Gasteiger partial charge in [-0.3, -0.25) is 4.79 Å². The van der Waals surface area contributed by atoms with E-state index in [2.05, 4.69) is 23.5 Å². The van der Waals surface area contributed by atoms with Gasteiger partial charge in [0.1, 0.15) is 0 Å². The molecule has 0 atom stereocenters. The Morgan fingerprint density at radius 3 is 2.42 bits per heavy atom. The molecular weight excluding hydrogens is 254 g/mol. The highest BCUT2D eigenvalue weighted by Gasteiger charge is 2.14. The van der Waals surface area contributed by atoms with E-state index in [4.69, 9.17) is 0 Å². The summed E-state index contributed by atoms with van der Waals surface area (Å²) in [6.45, 7) is 1.54. The van der Waals surface area contributed by atoms with Crippen LogP contribution in [-0.4, -0.2) is 5.91 Å². The topological polar surface area (TPSA) is 29.1 Å². The number of fused-ring (bicyclic) bond motifs is 1. The molecule has 0 aliphatic carbocycles. The summed E-state index contributed by atoms with van der Waals surface area (Å²) >= 11 is 1.70. The van der Waals surface area contributed by atoms with Gasteiger partial charge in [-0.15, -0.1) is 11.3 Å². The minimum Gasteiger partial charge on any atom is -0.325 e. The molecular formula is C16H13NOS. The fourth-order valence-corrected chi connectivity index (χ4v) is 3.30. The SMILES string of the molecule is CC(=O)Nc1c(-c2ccccc2)sc2ccccc12. The van der Waals surface area contributed by atoms with E-state index in [0.29, 0.717) is 0 Å². The third-order valence-corrected chi connectivity index (χ3v) is 4.15. The molecule has 1 heterocycles. The Bertz CT molecular complexity index is 731. The largest absolute Gasteiger partial charge is 0.325 e. The number of benzene rings is 2. The van der Waals surface area contributed by atoms with Crippen molar-refractivity contribution in [3.8, 4) is 10.4 Å². The number of carbonyl (C=O) groups excluding carboxylic acids is 1. The Hall–Kier alpha value is -2.13. The lowest BCUT2D eigenvalue weighted by Gasteiger charge is -2.05. The minimum atomic E-state index is -0.0410. The highest BCUT2D eigenvalue weighted by Crippen LogP contribution is 2.42. The lowest BCUT2D eigenvalue weighted by atomic mass is 10.1. The molecule has 0 bridgehead atoms. The Morgan fingerprint density at radius 1 is 1.00 bits per heavy atom. The van der Waals surface area contributed by atoms with Crippen molar-refractivity contribution >= 4 is 33.0 Å². The molecule has 3 rings (SSSR count). The van der Waals surface area contributed by atoms with Gasteiger partial charge in [-0.05, 0) is 11.6 Å². The maximum atomic E-state index is 11.4. The Labute approximate surface area is 115 Å². The summed E-state index contributed by atoms with van der Waals surface area (Å²) in [5.74, 6) is -0.0410. The van der Waals surface area contributed by atoms with Gasteiger partial charge < -0.3 is 5.32 Å². The summed E-state index contributed by atoms with van der Waals surface area (Å²) in [7, 11) is 0. The molecule has 0 spiro atoms. The number of rotatable bonds is 2. The van der Waals surface area contributed by atoms with Crippen LogP contribution in [0.5, 0.6) is 0 Å². The first-order chi connectivity index (χ1) is 9.25. The number of anilines is 1. The summed E-state index contributed by atoms with van der Waals surface area (Å²) in [5.41, 5.74) is 2.05. The number of carbonyl (C=O) groups is 1. The first kappa shape index (κ1) is 11.9. The molecule has 2 aromatic carbocycles. The van der Waals surface area contributed by atoms with E-state index in [-0.39, 0.29) is 5.91 Å². The van der Waals surface area contributed by atoms with Crippen LogP contribution in [0.2, 0.25) is 0 Å². The molecule has 3 aromatic rings. The van der Waals surface area contributed by atoms with Gasteiger partial charge >= 0.3 is 0 Å². The van der Waals surface area contributed by atoms with E-state index in [1.165, 1.54) is 4.70 Å². The summed E-state index contributed by atoms with van der Waals surface area (Å²) in [6.07, 6.45) is 0. The fraction of sp³-hybridized carbons (Fsp3) is 0.0625. The van der Waals surface area contributed by atoms with E-state index < -0.39 is 0 Å². The van der Waals surface area contributed by atoms with E-state index in [1.807, 2.05) is 36.4 Å². The molecule has 0 unspecified atom stereocenters. The first-order valence-electron chi connectivity index (χ1n) is 6.10. The van der Waals surface area contributed by atoms with Gasteiger partial charge in [0.15, 0.2) is 0 Å². The van der Waals surface area contributed by atoms with Crippen molar-refractivity contribution in [3.63, 3.8) is 0 Å².